The topological polar surface area (TPSA) is 105 Å². The molecule has 0 unspecified atom stereocenters. The fourth-order valence-corrected chi connectivity index (χ4v) is 4.49. The molecule has 0 radical (unpaired) electrons. The van der Waals surface area contributed by atoms with E-state index < -0.39 is 34.1 Å². The van der Waals surface area contributed by atoms with Gasteiger partial charge in [-0.1, -0.05) is 23.7 Å². The van der Waals surface area contributed by atoms with Gasteiger partial charge in [-0.05, 0) is 63.6 Å². The summed E-state index contributed by atoms with van der Waals surface area (Å²) in [6.07, 6.45) is 0.989. The van der Waals surface area contributed by atoms with Crippen LogP contribution in [0.2, 0.25) is 5.02 Å². The average Bonchev–Trinajstić information content (AvgIpc) is 2.78. The maximum atomic E-state index is 13.7. The van der Waals surface area contributed by atoms with Crippen molar-refractivity contribution in [2.45, 2.75) is 45.8 Å². The molecule has 0 aliphatic heterocycles. The van der Waals surface area contributed by atoms with Gasteiger partial charge in [0.15, 0.2) is 0 Å². The predicted octanol–water partition coefficient (Wildman–Crippen LogP) is 3.46. The summed E-state index contributed by atoms with van der Waals surface area (Å²) in [6, 6.07) is 10.7. The summed E-state index contributed by atoms with van der Waals surface area (Å²) < 4.78 is 37.0. The number of ether oxygens (including phenoxy) is 2. The zero-order valence-corrected chi connectivity index (χ0v) is 23.2. The second kappa shape index (κ2) is 11.8. The number of carbonyl (C=O) groups excluding carboxylic acids is 2. The number of nitrogens with one attached hydrogen (secondary N) is 1. The van der Waals surface area contributed by atoms with Crippen LogP contribution < -0.4 is 19.1 Å². The standard InChI is InChI=1S/C25H34ClN3O6S/c1-17(24(31)27-25(2,3)4)28(15-18-9-8-10-20(13-18)34-5)23(30)16-29(36(7,32)33)21-14-19(26)11-12-22(21)35-6/h8-14,17H,15-16H2,1-7H3,(H,27,31)/t17-/m0/s1. The molecule has 0 bridgehead atoms. The van der Waals surface area contributed by atoms with E-state index in [1.807, 2.05) is 20.8 Å². The molecule has 0 heterocycles. The second-order valence-electron chi connectivity index (χ2n) is 9.37. The van der Waals surface area contributed by atoms with Crippen LogP contribution in [0.3, 0.4) is 0 Å². The van der Waals surface area contributed by atoms with Crippen molar-refractivity contribution in [2.24, 2.45) is 0 Å². The molecule has 1 atom stereocenters. The first-order chi connectivity index (χ1) is 16.7. The summed E-state index contributed by atoms with van der Waals surface area (Å²) in [5.74, 6) is -0.129. The first-order valence-corrected chi connectivity index (χ1v) is 13.4. The maximum Gasteiger partial charge on any atom is 0.244 e. The Kier molecular flexibility index (Phi) is 9.62. The SMILES string of the molecule is COc1cccc(CN(C(=O)CN(c2cc(Cl)ccc2OC)S(C)(=O)=O)[C@@H](C)C(=O)NC(C)(C)C)c1. The van der Waals surface area contributed by atoms with Crippen molar-refractivity contribution < 1.29 is 27.5 Å². The number of hydrogen-bond donors (Lipinski definition) is 1. The first kappa shape index (κ1) is 29.3. The molecule has 0 aliphatic carbocycles. The van der Waals surface area contributed by atoms with Crippen LogP contribution >= 0.6 is 11.6 Å². The molecule has 0 saturated carbocycles. The molecule has 2 aromatic rings. The van der Waals surface area contributed by atoms with Crippen molar-refractivity contribution in [3.05, 3.63) is 53.1 Å². The summed E-state index contributed by atoms with van der Waals surface area (Å²) in [4.78, 5) is 28.0. The highest BCUT2D eigenvalue weighted by Gasteiger charge is 2.32. The molecule has 9 nitrogen and oxygen atoms in total. The highest BCUT2D eigenvalue weighted by molar-refractivity contribution is 7.92. The largest absolute Gasteiger partial charge is 0.497 e. The van der Waals surface area contributed by atoms with E-state index in [0.717, 1.165) is 10.6 Å². The third kappa shape index (κ3) is 8.03. The Hall–Kier alpha value is -2.98. The maximum absolute atomic E-state index is 13.7. The molecule has 0 spiro atoms. The van der Waals surface area contributed by atoms with Gasteiger partial charge in [0.2, 0.25) is 21.8 Å². The minimum Gasteiger partial charge on any atom is -0.497 e. The molecule has 0 aliphatic rings. The number of benzene rings is 2. The Morgan fingerprint density at radius 3 is 2.31 bits per heavy atom. The lowest BCUT2D eigenvalue weighted by molar-refractivity contribution is -0.140. The van der Waals surface area contributed by atoms with Crippen LogP contribution in [0.5, 0.6) is 11.5 Å². The van der Waals surface area contributed by atoms with Crippen molar-refractivity contribution in [1.82, 2.24) is 10.2 Å². The predicted molar refractivity (Wildman–Crippen MR) is 141 cm³/mol. The van der Waals surface area contributed by atoms with Crippen molar-refractivity contribution in [1.29, 1.82) is 0 Å². The minimum atomic E-state index is -3.93. The van der Waals surface area contributed by atoms with Gasteiger partial charge in [-0.3, -0.25) is 13.9 Å². The lowest BCUT2D eigenvalue weighted by Crippen LogP contribution is -2.54. The quantitative estimate of drug-likeness (QED) is 0.496. The Labute approximate surface area is 218 Å². The van der Waals surface area contributed by atoms with E-state index in [1.54, 1.807) is 37.3 Å². The number of halogens is 1. The van der Waals surface area contributed by atoms with E-state index in [2.05, 4.69) is 5.32 Å². The zero-order chi connectivity index (χ0) is 27.3. The molecule has 2 rings (SSSR count). The van der Waals surface area contributed by atoms with Crippen molar-refractivity contribution >= 4 is 39.1 Å². The number of rotatable bonds is 10. The summed E-state index contributed by atoms with van der Waals surface area (Å²) in [6.45, 7) is 6.60. The normalized spacial score (nSPS) is 12.4. The van der Waals surface area contributed by atoms with Gasteiger partial charge in [0.25, 0.3) is 0 Å². The number of carbonyl (C=O) groups is 2. The molecule has 0 saturated heterocycles. The van der Waals surface area contributed by atoms with Crippen LogP contribution in [0.1, 0.15) is 33.3 Å². The third-order valence-corrected chi connectivity index (χ3v) is 6.60. The zero-order valence-electron chi connectivity index (χ0n) is 21.7. The van der Waals surface area contributed by atoms with Gasteiger partial charge in [0, 0.05) is 17.1 Å². The molecule has 1 N–H and O–H groups in total. The molecule has 2 aromatic carbocycles. The van der Waals surface area contributed by atoms with Gasteiger partial charge in [-0.25, -0.2) is 8.42 Å². The van der Waals surface area contributed by atoms with E-state index in [1.165, 1.54) is 31.3 Å². The summed E-state index contributed by atoms with van der Waals surface area (Å²) in [7, 11) is -1.00. The van der Waals surface area contributed by atoms with E-state index in [0.29, 0.717) is 11.3 Å². The van der Waals surface area contributed by atoms with E-state index in [4.69, 9.17) is 21.1 Å². The molecule has 36 heavy (non-hydrogen) atoms. The van der Waals surface area contributed by atoms with E-state index in [-0.39, 0.29) is 28.9 Å². The van der Waals surface area contributed by atoms with Crippen LogP contribution in [0.15, 0.2) is 42.5 Å². The van der Waals surface area contributed by atoms with E-state index in [9.17, 15) is 18.0 Å². The summed E-state index contributed by atoms with van der Waals surface area (Å²) in [5.41, 5.74) is 0.307. The number of nitrogens with zero attached hydrogens (tertiary/aromatic N) is 2. The van der Waals surface area contributed by atoms with Gasteiger partial charge in [-0.2, -0.15) is 0 Å². The second-order valence-corrected chi connectivity index (χ2v) is 11.7. The third-order valence-electron chi connectivity index (χ3n) is 5.24. The molecule has 0 fully saturated rings. The Balaban J connectivity index is 2.49. The lowest BCUT2D eigenvalue weighted by atomic mass is 10.1. The van der Waals surface area contributed by atoms with Crippen molar-refractivity contribution in [3.8, 4) is 11.5 Å². The molecule has 2 amide bonds. The van der Waals surface area contributed by atoms with Crippen LogP contribution in [0.25, 0.3) is 0 Å². The molecule has 0 aromatic heterocycles. The monoisotopic (exact) mass is 539 g/mol. The fraction of sp³-hybridized carbons (Fsp3) is 0.440. The molecule has 198 valence electrons. The molecular formula is C25H34ClN3O6S. The van der Waals surface area contributed by atoms with E-state index >= 15 is 0 Å². The van der Waals surface area contributed by atoms with Crippen molar-refractivity contribution in [2.75, 3.05) is 31.3 Å². The van der Waals surface area contributed by atoms with Gasteiger partial charge >= 0.3 is 0 Å². The summed E-state index contributed by atoms with van der Waals surface area (Å²) in [5, 5.41) is 3.15. The fourth-order valence-electron chi connectivity index (χ4n) is 3.48. The minimum absolute atomic E-state index is 0.0546. The smallest absolute Gasteiger partial charge is 0.244 e. The summed E-state index contributed by atoms with van der Waals surface area (Å²) >= 11 is 6.12. The van der Waals surface area contributed by atoms with Gasteiger partial charge in [-0.15, -0.1) is 0 Å². The Morgan fingerprint density at radius 2 is 1.75 bits per heavy atom. The van der Waals surface area contributed by atoms with Crippen molar-refractivity contribution in [3.63, 3.8) is 0 Å². The van der Waals surface area contributed by atoms with Crippen LogP contribution in [0, 0.1) is 0 Å². The van der Waals surface area contributed by atoms with Gasteiger partial charge < -0.3 is 19.7 Å². The highest BCUT2D eigenvalue weighted by atomic mass is 35.5. The first-order valence-electron chi connectivity index (χ1n) is 11.2. The number of methoxy groups -OCH3 is 2. The average molecular weight is 540 g/mol. The Morgan fingerprint density at radius 1 is 1.08 bits per heavy atom. The highest BCUT2D eigenvalue weighted by Crippen LogP contribution is 2.33. The molecular weight excluding hydrogens is 506 g/mol. The number of anilines is 1. The molecule has 11 heteroatoms. The number of amides is 2. The van der Waals surface area contributed by atoms with Crippen LogP contribution in [-0.4, -0.2) is 63.7 Å². The van der Waals surface area contributed by atoms with Gasteiger partial charge in [0.1, 0.15) is 24.1 Å². The van der Waals surface area contributed by atoms with Crippen LogP contribution in [-0.2, 0) is 26.2 Å². The number of sulfonamides is 1. The van der Waals surface area contributed by atoms with Crippen LogP contribution in [0.4, 0.5) is 5.69 Å². The van der Waals surface area contributed by atoms with Gasteiger partial charge in [0.05, 0.1) is 26.2 Å². The number of hydrogen-bond acceptors (Lipinski definition) is 6. The lowest BCUT2D eigenvalue weighted by Gasteiger charge is -2.33. The Bertz CT molecular complexity index is 1200.